The van der Waals surface area contributed by atoms with E-state index in [1.807, 2.05) is 52.8 Å². The first-order chi connectivity index (χ1) is 18.9. The van der Waals surface area contributed by atoms with Gasteiger partial charge >= 0.3 is 6.09 Å². The molecule has 0 unspecified atom stereocenters. The summed E-state index contributed by atoms with van der Waals surface area (Å²) < 4.78 is 7.79. The third-order valence-electron chi connectivity index (χ3n) is 7.36. The van der Waals surface area contributed by atoms with Gasteiger partial charge < -0.3 is 15.0 Å². The Morgan fingerprint density at radius 3 is 2.73 bits per heavy atom. The Balaban J connectivity index is 1.37. The van der Waals surface area contributed by atoms with Gasteiger partial charge in [0.1, 0.15) is 15.6 Å². The van der Waals surface area contributed by atoms with E-state index in [9.17, 15) is 9.59 Å². The van der Waals surface area contributed by atoms with Crippen LogP contribution in [0.15, 0.2) is 35.3 Å². The van der Waals surface area contributed by atoms with Gasteiger partial charge in [0.2, 0.25) is 5.91 Å². The van der Waals surface area contributed by atoms with Crippen molar-refractivity contribution in [3.63, 3.8) is 0 Å². The van der Waals surface area contributed by atoms with E-state index in [2.05, 4.69) is 38.8 Å². The van der Waals surface area contributed by atoms with Crippen molar-refractivity contribution < 1.29 is 14.3 Å². The molecule has 1 aliphatic heterocycles. The number of anilines is 1. The molecule has 0 saturated heterocycles. The lowest BCUT2D eigenvalue weighted by atomic mass is 9.78. The maximum Gasteiger partial charge on any atom is 0.410 e. The summed E-state index contributed by atoms with van der Waals surface area (Å²) in [6.07, 6.45) is 3.80. The number of thiazole rings is 1. The van der Waals surface area contributed by atoms with Crippen molar-refractivity contribution in [2.45, 2.75) is 78.1 Å². The van der Waals surface area contributed by atoms with E-state index in [1.54, 1.807) is 27.6 Å². The van der Waals surface area contributed by atoms with Crippen LogP contribution in [-0.2, 0) is 22.5 Å². The van der Waals surface area contributed by atoms with Gasteiger partial charge in [0.05, 0.1) is 10.2 Å². The highest BCUT2D eigenvalue weighted by molar-refractivity contribution is 9.10. The lowest BCUT2D eigenvalue weighted by Gasteiger charge is -2.44. The fourth-order valence-electron chi connectivity index (χ4n) is 5.45. The minimum absolute atomic E-state index is 0.00271. The monoisotopic (exact) mass is 644 g/mol. The molecular weight excluding hydrogens is 608 g/mol. The average molecular weight is 646 g/mol. The number of ether oxygens (including phenoxy) is 1. The number of thiophene rings is 1. The van der Waals surface area contributed by atoms with Crippen molar-refractivity contribution in [1.82, 2.24) is 14.8 Å². The van der Waals surface area contributed by atoms with E-state index in [-0.39, 0.29) is 30.0 Å². The van der Waals surface area contributed by atoms with Gasteiger partial charge in [-0.15, -0.1) is 29.3 Å². The van der Waals surface area contributed by atoms with E-state index >= 15 is 0 Å². The third-order valence-corrected chi connectivity index (χ3v) is 10.0. The summed E-state index contributed by atoms with van der Waals surface area (Å²) in [5.41, 5.74) is 2.76. The van der Waals surface area contributed by atoms with Crippen LogP contribution in [-0.4, -0.2) is 57.6 Å². The van der Waals surface area contributed by atoms with Crippen molar-refractivity contribution >= 4 is 65.8 Å². The van der Waals surface area contributed by atoms with E-state index in [4.69, 9.17) is 9.72 Å². The largest absolute Gasteiger partial charge is 0.444 e. The van der Waals surface area contributed by atoms with Crippen molar-refractivity contribution in [3.8, 4) is 10.6 Å². The lowest BCUT2D eigenvalue weighted by molar-refractivity contribution is -0.124. The van der Waals surface area contributed by atoms with Crippen LogP contribution >= 0.6 is 38.6 Å². The number of halogens is 1. The van der Waals surface area contributed by atoms with Crippen molar-refractivity contribution in [2.75, 3.05) is 18.4 Å². The summed E-state index contributed by atoms with van der Waals surface area (Å²) >= 11 is 6.91. The van der Waals surface area contributed by atoms with Crippen LogP contribution in [0.5, 0.6) is 0 Å². The summed E-state index contributed by atoms with van der Waals surface area (Å²) in [6.45, 7) is 16.2. The Bertz CT molecular complexity index is 1430. The molecule has 40 heavy (non-hydrogen) atoms. The Hall–Kier alpha value is -2.27. The first-order valence-corrected chi connectivity index (χ1v) is 16.2. The smallest absolute Gasteiger partial charge is 0.410 e. The first kappa shape index (κ1) is 29.2. The van der Waals surface area contributed by atoms with E-state index in [0.717, 1.165) is 56.3 Å². The van der Waals surface area contributed by atoms with Crippen molar-refractivity contribution in [3.05, 3.63) is 45.8 Å². The molecule has 2 amide bonds. The zero-order valence-electron chi connectivity index (χ0n) is 23.8. The first-order valence-electron chi connectivity index (χ1n) is 13.8. The topological polar surface area (TPSA) is 74.8 Å². The van der Waals surface area contributed by atoms with Gasteiger partial charge in [-0.05, 0) is 77.6 Å². The quantitative estimate of drug-likeness (QED) is 0.267. The number of nitrogens with zero attached hydrogens (tertiary/aromatic N) is 3. The Morgan fingerprint density at radius 2 is 2.05 bits per heavy atom. The lowest BCUT2D eigenvalue weighted by Crippen LogP contribution is -2.54. The zero-order valence-corrected chi connectivity index (χ0v) is 27.0. The molecule has 1 aromatic carbocycles. The number of fused-ring (bicyclic) bond motifs is 2. The van der Waals surface area contributed by atoms with Crippen LogP contribution in [0.1, 0.15) is 57.9 Å². The molecule has 3 aromatic rings. The van der Waals surface area contributed by atoms with E-state index in [0.29, 0.717) is 12.8 Å². The van der Waals surface area contributed by atoms with Gasteiger partial charge in [-0.25, -0.2) is 9.78 Å². The molecule has 0 bridgehead atoms. The molecule has 0 atom stereocenters. The molecule has 5 rings (SSSR count). The highest BCUT2D eigenvalue weighted by Gasteiger charge is 2.42. The highest BCUT2D eigenvalue weighted by atomic mass is 79.9. The summed E-state index contributed by atoms with van der Waals surface area (Å²) in [4.78, 5) is 36.8. The molecule has 1 N–H and O–H groups in total. The summed E-state index contributed by atoms with van der Waals surface area (Å²) in [5, 5.41) is 5.11. The summed E-state index contributed by atoms with van der Waals surface area (Å²) in [5.74, 6) is -0.139. The van der Waals surface area contributed by atoms with Crippen LogP contribution in [0.3, 0.4) is 0 Å². The minimum Gasteiger partial charge on any atom is -0.444 e. The maximum absolute atomic E-state index is 13.5. The molecule has 10 heteroatoms. The van der Waals surface area contributed by atoms with Crippen LogP contribution < -0.4 is 5.32 Å². The standard InChI is InChI=1S/C30H37BrN4O3S2/c1-7-11-34-12-10-21-24(16-34)40-28(25(21)27-32-22-9-8-19(31)15-23(22)39-27)33-26(36)18-13-20(14-18)35(17(2)3)29(37)38-30(4,5)6/h7-9,15,17-18,20H,1,10-14,16H2,2-6H3,(H,33,36). The number of amides is 2. The predicted octanol–water partition coefficient (Wildman–Crippen LogP) is 7.69. The molecule has 1 fully saturated rings. The molecule has 214 valence electrons. The average Bonchev–Trinajstić information content (AvgIpc) is 3.39. The van der Waals surface area contributed by atoms with Gasteiger partial charge in [-0.3, -0.25) is 9.69 Å². The fraction of sp³-hybridized carbons (Fsp3) is 0.500. The van der Waals surface area contributed by atoms with Crippen LogP contribution in [0.25, 0.3) is 20.8 Å². The Morgan fingerprint density at radius 1 is 1.30 bits per heavy atom. The molecular formula is C30H37BrN4O3S2. The second-order valence-corrected chi connectivity index (χ2v) is 15.0. The number of rotatable bonds is 7. The Labute approximate surface area is 252 Å². The molecule has 1 aliphatic carbocycles. The third kappa shape index (κ3) is 6.15. The van der Waals surface area contributed by atoms with Crippen molar-refractivity contribution in [1.29, 1.82) is 0 Å². The molecule has 0 spiro atoms. The molecule has 2 aliphatic rings. The summed E-state index contributed by atoms with van der Waals surface area (Å²) in [7, 11) is 0. The van der Waals surface area contributed by atoms with Crippen LogP contribution in [0.4, 0.5) is 9.80 Å². The highest BCUT2D eigenvalue weighted by Crippen LogP contribution is 2.46. The zero-order chi connectivity index (χ0) is 28.8. The van der Waals surface area contributed by atoms with Gasteiger partial charge in [-0.2, -0.15) is 0 Å². The SMILES string of the molecule is C=CCN1CCc2c(sc(NC(=O)C3CC(N(C(=O)OC(C)(C)C)C(C)C)C3)c2-c2nc3ccc(Br)cc3s2)C1. The number of nitrogens with one attached hydrogen (secondary N) is 1. The number of hydrogen-bond donors (Lipinski definition) is 1. The maximum atomic E-state index is 13.5. The number of carbonyl (C=O) groups excluding carboxylic acids is 2. The molecule has 7 nitrogen and oxygen atoms in total. The second-order valence-electron chi connectivity index (χ2n) is 11.9. The molecule has 3 heterocycles. The van der Waals surface area contributed by atoms with Crippen molar-refractivity contribution in [2.24, 2.45) is 5.92 Å². The Kier molecular flexibility index (Phi) is 8.44. The van der Waals surface area contributed by atoms with Gasteiger partial charge in [0.15, 0.2) is 0 Å². The normalized spacial score (nSPS) is 19.3. The van der Waals surface area contributed by atoms with E-state index in [1.165, 1.54) is 10.4 Å². The summed E-state index contributed by atoms with van der Waals surface area (Å²) in [6, 6.07) is 6.13. The van der Waals surface area contributed by atoms with Gasteiger partial charge in [0.25, 0.3) is 0 Å². The second kappa shape index (κ2) is 11.5. The van der Waals surface area contributed by atoms with Crippen LogP contribution in [0, 0.1) is 5.92 Å². The number of benzene rings is 1. The molecule has 1 saturated carbocycles. The number of aromatic nitrogens is 1. The minimum atomic E-state index is -0.558. The predicted molar refractivity (Wildman–Crippen MR) is 168 cm³/mol. The number of hydrogen-bond acceptors (Lipinski definition) is 7. The van der Waals surface area contributed by atoms with Gasteiger partial charge in [-0.1, -0.05) is 22.0 Å². The van der Waals surface area contributed by atoms with Gasteiger partial charge in [0, 0.05) is 52.5 Å². The van der Waals surface area contributed by atoms with E-state index < -0.39 is 5.60 Å². The number of carbonyl (C=O) groups is 2. The molecule has 0 radical (unpaired) electrons. The fourth-order valence-corrected chi connectivity index (χ4v) is 8.41. The molecule has 2 aromatic heterocycles. The van der Waals surface area contributed by atoms with Crippen LogP contribution in [0.2, 0.25) is 0 Å².